The van der Waals surface area contributed by atoms with Crippen molar-refractivity contribution in [2.45, 2.75) is 26.4 Å². The third kappa shape index (κ3) is 5.47. The van der Waals surface area contributed by atoms with Gasteiger partial charge in [0.25, 0.3) is 0 Å². The number of aliphatic hydroxyl groups excluding tert-OH is 1. The Morgan fingerprint density at radius 3 is 2.52 bits per heavy atom. The highest BCUT2D eigenvalue weighted by Gasteiger charge is 2.16. The Hall–Kier alpha value is -2.01. The number of esters is 1. The van der Waals surface area contributed by atoms with Gasteiger partial charge in [-0.2, -0.15) is 0 Å². The van der Waals surface area contributed by atoms with Gasteiger partial charge >= 0.3 is 5.97 Å². The average Bonchev–Trinajstić information content (AvgIpc) is 2.47. The summed E-state index contributed by atoms with van der Waals surface area (Å²) in [5, 5.41) is 10.3. The van der Waals surface area contributed by atoms with Gasteiger partial charge in [0.1, 0.15) is 11.5 Å². The molecule has 0 aromatic heterocycles. The predicted molar refractivity (Wildman–Crippen MR) is 78.9 cm³/mol. The summed E-state index contributed by atoms with van der Waals surface area (Å²) in [6.07, 6.45) is 0.618. The van der Waals surface area contributed by atoms with E-state index in [-0.39, 0.29) is 6.42 Å². The Morgan fingerprint density at radius 2 is 1.90 bits per heavy atom. The third-order valence-corrected chi connectivity index (χ3v) is 2.79. The molecule has 0 saturated carbocycles. The largest absolute Gasteiger partial charge is 0.498 e. The number of aliphatic hydroxyl groups is 1. The zero-order valence-electron chi connectivity index (χ0n) is 12.7. The third-order valence-electron chi connectivity index (χ3n) is 2.79. The van der Waals surface area contributed by atoms with Crippen LogP contribution < -0.4 is 4.74 Å². The van der Waals surface area contributed by atoms with Gasteiger partial charge in [-0.15, -0.1) is 0 Å². The topological polar surface area (TPSA) is 65.0 Å². The zero-order chi connectivity index (χ0) is 15.7. The number of methoxy groups -OCH3 is 1. The van der Waals surface area contributed by atoms with E-state index in [0.29, 0.717) is 30.3 Å². The molecule has 0 amide bonds. The maximum atomic E-state index is 11.5. The number of benzene rings is 1. The van der Waals surface area contributed by atoms with Crippen LogP contribution in [-0.4, -0.2) is 31.4 Å². The quantitative estimate of drug-likeness (QED) is 0.453. The van der Waals surface area contributed by atoms with Crippen molar-refractivity contribution in [1.82, 2.24) is 0 Å². The van der Waals surface area contributed by atoms with Crippen LogP contribution in [0.3, 0.4) is 0 Å². The molecule has 0 aliphatic heterocycles. The van der Waals surface area contributed by atoms with Gasteiger partial charge in [-0.05, 0) is 19.9 Å². The standard InChI is InChI=1S/C16H22O5/c1-4-20-12(11-16(18)21-5-2)10-14(17)13-8-6-7-9-15(13)19-3/h6-9,11,14,17H,4-5,10H2,1-3H3/b12-11+/t14-/m1/s1. The fourth-order valence-corrected chi connectivity index (χ4v) is 1.90. The van der Waals surface area contributed by atoms with Gasteiger partial charge in [-0.1, -0.05) is 18.2 Å². The maximum Gasteiger partial charge on any atom is 0.334 e. The average molecular weight is 294 g/mol. The van der Waals surface area contributed by atoms with Gasteiger partial charge < -0.3 is 19.3 Å². The molecule has 0 spiro atoms. The Bertz CT molecular complexity index is 481. The molecule has 0 fully saturated rings. The van der Waals surface area contributed by atoms with Crippen molar-refractivity contribution in [2.75, 3.05) is 20.3 Å². The summed E-state index contributed by atoms with van der Waals surface area (Å²) in [6, 6.07) is 7.19. The Morgan fingerprint density at radius 1 is 1.24 bits per heavy atom. The van der Waals surface area contributed by atoms with Gasteiger partial charge in [0.2, 0.25) is 0 Å². The van der Waals surface area contributed by atoms with Crippen molar-refractivity contribution in [3.63, 3.8) is 0 Å². The molecule has 0 saturated heterocycles. The normalized spacial score (nSPS) is 12.7. The van der Waals surface area contributed by atoms with Crippen LogP contribution in [0.15, 0.2) is 36.1 Å². The van der Waals surface area contributed by atoms with Crippen molar-refractivity contribution in [3.05, 3.63) is 41.7 Å². The summed E-state index contributed by atoms with van der Waals surface area (Å²) in [4.78, 5) is 11.5. The van der Waals surface area contributed by atoms with E-state index in [9.17, 15) is 9.90 Å². The Kier molecular flexibility index (Phi) is 7.32. The molecule has 1 aromatic carbocycles. The first-order valence-corrected chi connectivity index (χ1v) is 6.93. The Labute approximate surface area is 125 Å². The molecule has 116 valence electrons. The lowest BCUT2D eigenvalue weighted by Gasteiger charge is -2.16. The van der Waals surface area contributed by atoms with E-state index in [4.69, 9.17) is 14.2 Å². The van der Waals surface area contributed by atoms with Gasteiger partial charge in [0.05, 0.1) is 32.5 Å². The highest BCUT2D eigenvalue weighted by atomic mass is 16.5. The molecule has 0 unspecified atom stereocenters. The molecule has 5 heteroatoms. The van der Waals surface area contributed by atoms with Gasteiger partial charge in [0, 0.05) is 12.0 Å². The highest BCUT2D eigenvalue weighted by molar-refractivity contribution is 5.82. The van der Waals surface area contributed by atoms with E-state index in [0.717, 1.165) is 0 Å². The molecule has 0 radical (unpaired) electrons. The van der Waals surface area contributed by atoms with E-state index in [2.05, 4.69) is 0 Å². The van der Waals surface area contributed by atoms with Crippen molar-refractivity contribution in [1.29, 1.82) is 0 Å². The maximum absolute atomic E-state index is 11.5. The minimum absolute atomic E-state index is 0.174. The fraction of sp³-hybridized carbons (Fsp3) is 0.438. The SMILES string of the molecule is CCOC(=O)/C=C(\C[C@@H](O)c1ccccc1OC)OCC. The molecular formula is C16H22O5. The summed E-state index contributed by atoms with van der Waals surface area (Å²) in [6.45, 7) is 4.25. The predicted octanol–water partition coefficient (Wildman–Crippen LogP) is 2.60. The van der Waals surface area contributed by atoms with Crippen LogP contribution in [0.25, 0.3) is 0 Å². The van der Waals surface area contributed by atoms with Crippen LogP contribution in [0.4, 0.5) is 0 Å². The number of hydrogen-bond acceptors (Lipinski definition) is 5. The minimum Gasteiger partial charge on any atom is -0.498 e. The number of carbonyl (C=O) groups excluding carboxylic acids is 1. The summed E-state index contributed by atoms with van der Waals surface area (Å²) in [7, 11) is 1.55. The molecule has 1 atom stereocenters. The molecule has 5 nitrogen and oxygen atoms in total. The molecule has 21 heavy (non-hydrogen) atoms. The molecule has 0 aliphatic rings. The Balaban J connectivity index is 2.85. The van der Waals surface area contributed by atoms with Crippen LogP contribution in [0, 0.1) is 0 Å². The van der Waals surface area contributed by atoms with E-state index in [1.165, 1.54) is 6.08 Å². The number of carbonyl (C=O) groups is 1. The lowest BCUT2D eigenvalue weighted by molar-refractivity contribution is -0.137. The molecule has 0 aliphatic carbocycles. The lowest BCUT2D eigenvalue weighted by Crippen LogP contribution is -2.07. The number of ether oxygens (including phenoxy) is 3. The number of hydrogen-bond donors (Lipinski definition) is 1. The summed E-state index contributed by atoms with van der Waals surface area (Å²) in [5.74, 6) is 0.500. The molecule has 1 rings (SSSR count). The summed E-state index contributed by atoms with van der Waals surface area (Å²) in [5.41, 5.74) is 0.648. The summed E-state index contributed by atoms with van der Waals surface area (Å²) >= 11 is 0. The minimum atomic E-state index is -0.826. The molecule has 0 heterocycles. The van der Waals surface area contributed by atoms with Crippen LogP contribution >= 0.6 is 0 Å². The molecule has 0 bridgehead atoms. The first kappa shape index (κ1) is 17.0. The fourth-order valence-electron chi connectivity index (χ4n) is 1.90. The number of rotatable bonds is 8. The number of para-hydroxylation sites is 1. The lowest BCUT2D eigenvalue weighted by atomic mass is 10.0. The van der Waals surface area contributed by atoms with Crippen LogP contribution in [0.5, 0.6) is 5.75 Å². The second-order valence-corrected chi connectivity index (χ2v) is 4.26. The zero-order valence-corrected chi connectivity index (χ0v) is 12.7. The second-order valence-electron chi connectivity index (χ2n) is 4.26. The van der Waals surface area contributed by atoms with Crippen molar-refractivity contribution < 1.29 is 24.1 Å². The van der Waals surface area contributed by atoms with Crippen LogP contribution in [-0.2, 0) is 14.3 Å². The van der Waals surface area contributed by atoms with E-state index >= 15 is 0 Å². The van der Waals surface area contributed by atoms with E-state index < -0.39 is 12.1 Å². The first-order chi connectivity index (χ1) is 10.1. The highest BCUT2D eigenvalue weighted by Crippen LogP contribution is 2.29. The van der Waals surface area contributed by atoms with Crippen LogP contribution in [0.2, 0.25) is 0 Å². The summed E-state index contributed by atoms with van der Waals surface area (Å²) < 4.78 is 15.4. The first-order valence-electron chi connectivity index (χ1n) is 6.93. The molecule has 1 aromatic rings. The van der Waals surface area contributed by atoms with Gasteiger partial charge in [-0.25, -0.2) is 4.79 Å². The van der Waals surface area contributed by atoms with Crippen molar-refractivity contribution >= 4 is 5.97 Å². The monoisotopic (exact) mass is 294 g/mol. The van der Waals surface area contributed by atoms with Crippen LogP contribution in [0.1, 0.15) is 31.9 Å². The smallest absolute Gasteiger partial charge is 0.334 e. The van der Waals surface area contributed by atoms with Crippen molar-refractivity contribution in [3.8, 4) is 5.75 Å². The molecule has 1 N–H and O–H groups in total. The molecular weight excluding hydrogens is 272 g/mol. The van der Waals surface area contributed by atoms with Gasteiger partial charge in [-0.3, -0.25) is 0 Å². The van der Waals surface area contributed by atoms with E-state index in [1.807, 2.05) is 19.1 Å². The second kappa shape index (κ2) is 9.02. The van der Waals surface area contributed by atoms with Gasteiger partial charge in [0.15, 0.2) is 0 Å². The van der Waals surface area contributed by atoms with E-state index in [1.54, 1.807) is 26.2 Å². The van der Waals surface area contributed by atoms with Crippen molar-refractivity contribution in [2.24, 2.45) is 0 Å².